The molecule has 0 aliphatic rings. The molecule has 0 saturated carbocycles. The van der Waals surface area contributed by atoms with Crippen LogP contribution in [0.25, 0.3) is 0 Å². The van der Waals surface area contributed by atoms with Gasteiger partial charge in [-0.1, -0.05) is 64.5 Å². The molecule has 1 unspecified atom stereocenters. The van der Waals surface area contributed by atoms with Crippen molar-refractivity contribution >= 4 is 27.7 Å². The van der Waals surface area contributed by atoms with Crippen molar-refractivity contribution in [3.05, 3.63) is 100 Å². The van der Waals surface area contributed by atoms with Gasteiger partial charge in [-0.2, -0.15) is 0 Å². The number of rotatable bonds is 9. The molecule has 1 N–H and O–H groups in total. The summed E-state index contributed by atoms with van der Waals surface area (Å²) in [5.41, 5.74) is 1.22. The highest BCUT2D eigenvalue weighted by molar-refractivity contribution is 9.10. The van der Waals surface area contributed by atoms with Crippen molar-refractivity contribution in [2.24, 2.45) is 0 Å². The van der Waals surface area contributed by atoms with Gasteiger partial charge < -0.3 is 15.0 Å². The van der Waals surface area contributed by atoms with Crippen molar-refractivity contribution < 1.29 is 18.7 Å². The lowest BCUT2D eigenvalue weighted by Gasteiger charge is -2.31. The van der Waals surface area contributed by atoms with Crippen LogP contribution >= 0.6 is 15.9 Å². The fourth-order valence-corrected chi connectivity index (χ4v) is 3.55. The van der Waals surface area contributed by atoms with Crippen LogP contribution in [0.15, 0.2) is 83.3 Å². The molecule has 0 spiro atoms. The average Bonchev–Trinajstić information content (AvgIpc) is 2.82. The van der Waals surface area contributed by atoms with Gasteiger partial charge in [0, 0.05) is 30.0 Å². The highest BCUT2D eigenvalue weighted by atomic mass is 79.9. The summed E-state index contributed by atoms with van der Waals surface area (Å²) < 4.78 is 20.9. The molecule has 1 atom stereocenters. The minimum Gasteiger partial charge on any atom is -0.484 e. The van der Waals surface area contributed by atoms with Gasteiger partial charge in [-0.25, -0.2) is 4.39 Å². The summed E-state index contributed by atoms with van der Waals surface area (Å²) in [5, 5.41) is 2.63. The van der Waals surface area contributed by atoms with E-state index in [0.29, 0.717) is 17.7 Å². The zero-order chi connectivity index (χ0) is 22.9. The summed E-state index contributed by atoms with van der Waals surface area (Å²) in [4.78, 5) is 27.4. The highest BCUT2D eigenvalue weighted by Crippen LogP contribution is 2.19. The number of carbonyl (C=O) groups is 2. The van der Waals surface area contributed by atoms with Gasteiger partial charge in [-0.05, 0) is 35.9 Å². The van der Waals surface area contributed by atoms with Gasteiger partial charge in [0.15, 0.2) is 6.61 Å². The summed E-state index contributed by atoms with van der Waals surface area (Å²) in [5.74, 6) is -0.663. The second-order valence-corrected chi connectivity index (χ2v) is 8.09. The van der Waals surface area contributed by atoms with E-state index < -0.39 is 17.8 Å². The molecule has 0 aliphatic heterocycles. The van der Waals surface area contributed by atoms with Crippen LogP contribution in [0.4, 0.5) is 4.39 Å². The van der Waals surface area contributed by atoms with Crippen LogP contribution in [-0.4, -0.2) is 36.4 Å². The zero-order valence-corrected chi connectivity index (χ0v) is 19.2. The molecule has 0 fully saturated rings. The van der Waals surface area contributed by atoms with E-state index in [1.807, 2.05) is 30.3 Å². The minimum absolute atomic E-state index is 0.0554. The Morgan fingerprint density at radius 1 is 1.00 bits per heavy atom. The van der Waals surface area contributed by atoms with E-state index in [4.69, 9.17) is 4.74 Å². The summed E-state index contributed by atoms with van der Waals surface area (Å²) in [6, 6.07) is 21.9. The van der Waals surface area contributed by atoms with E-state index in [1.54, 1.807) is 42.5 Å². The molecule has 2 amide bonds. The average molecular weight is 499 g/mol. The zero-order valence-electron chi connectivity index (χ0n) is 17.6. The first-order valence-electron chi connectivity index (χ1n) is 10.1. The Bertz CT molecular complexity index is 1040. The molecule has 3 rings (SSSR count). The normalized spacial score (nSPS) is 11.5. The first-order chi connectivity index (χ1) is 15.5. The first kappa shape index (κ1) is 23.5. The number of nitrogens with one attached hydrogen (secondary N) is 1. The van der Waals surface area contributed by atoms with Gasteiger partial charge in [0.1, 0.15) is 17.6 Å². The van der Waals surface area contributed by atoms with Crippen LogP contribution < -0.4 is 10.1 Å². The van der Waals surface area contributed by atoms with Crippen molar-refractivity contribution in [1.29, 1.82) is 0 Å². The predicted molar refractivity (Wildman–Crippen MR) is 125 cm³/mol. The third-order valence-corrected chi connectivity index (χ3v) is 5.52. The van der Waals surface area contributed by atoms with Crippen LogP contribution in [0, 0.1) is 5.82 Å². The molecule has 32 heavy (non-hydrogen) atoms. The van der Waals surface area contributed by atoms with E-state index in [1.165, 1.54) is 18.0 Å². The number of hydrogen-bond donors (Lipinski definition) is 1. The number of benzene rings is 3. The fraction of sp³-hybridized carbons (Fsp3) is 0.200. The predicted octanol–water partition coefficient (Wildman–Crippen LogP) is 4.35. The molecule has 0 heterocycles. The lowest BCUT2D eigenvalue weighted by Crippen LogP contribution is -2.51. The van der Waals surface area contributed by atoms with Crippen LogP contribution in [0.5, 0.6) is 5.75 Å². The van der Waals surface area contributed by atoms with Crippen molar-refractivity contribution in [2.75, 3.05) is 13.7 Å². The lowest BCUT2D eigenvalue weighted by molar-refractivity contribution is -0.142. The smallest absolute Gasteiger partial charge is 0.261 e. The van der Waals surface area contributed by atoms with Crippen molar-refractivity contribution in [2.45, 2.75) is 19.0 Å². The summed E-state index contributed by atoms with van der Waals surface area (Å²) in [6.45, 7) is -0.335. The number of halogens is 2. The van der Waals surface area contributed by atoms with E-state index in [9.17, 15) is 14.0 Å². The minimum atomic E-state index is -0.831. The monoisotopic (exact) mass is 498 g/mol. The molecule has 0 saturated heterocycles. The van der Waals surface area contributed by atoms with Gasteiger partial charge in [-0.3, -0.25) is 9.59 Å². The Kier molecular flexibility index (Phi) is 8.39. The number of ether oxygens (including phenoxy) is 1. The van der Waals surface area contributed by atoms with Crippen molar-refractivity contribution in [3.63, 3.8) is 0 Å². The molecular formula is C25H24BrFN2O3. The molecule has 166 valence electrons. The van der Waals surface area contributed by atoms with E-state index in [0.717, 1.165) is 10.0 Å². The van der Waals surface area contributed by atoms with Gasteiger partial charge >= 0.3 is 0 Å². The SMILES string of the molecule is CNC(=O)C(Cc1ccccc1)N(Cc1ccccc1F)C(=O)COc1ccc(Br)cc1. The van der Waals surface area contributed by atoms with Crippen LogP contribution in [-0.2, 0) is 22.6 Å². The summed E-state index contributed by atoms with van der Waals surface area (Å²) in [7, 11) is 1.52. The Morgan fingerprint density at radius 3 is 2.31 bits per heavy atom. The maximum absolute atomic E-state index is 14.4. The van der Waals surface area contributed by atoms with Gasteiger partial charge in [0.2, 0.25) is 5.91 Å². The number of hydrogen-bond acceptors (Lipinski definition) is 3. The Morgan fingerprint density at radius 2 is 1.66 bits per heavy atom. The van der Waals surface area contributed by atoms with Gasteiger partial charge in [0.25, 0.3) is 5.91 Å². The number of nitrogens with zero attached hydrogens (tertiary/aromatic N) is 1. The van der Waals surface area contributed by atoms with Gasteiger partial charge in [0.05, 0.1) is 0 Å². The second-order valence-electron chi connectivity index (χ2n) is 7.18. The molecule has 7 heteroatoms. The van der Waals surface area contributed by atoms with Crippen LogP contribution in [0.1, 0.15) is 11.1 Å². The van der Waals surface area contributed by atoms with E-state index in [2.05, 4.69) is 21.2 Å². The molecule has 0 bridgehead atoms. The largest absolute Gasteiger partial charge is 0.484 e. The molecule has 3 aromatic rings. The third-order valence-electron chi connectivity index (χ3n) is 4.99. The van der Waals surface area contributed by atoms with Gasteiger partial charge in [-0.15, -0.1) is 0 Å². The van der Waals surface area contributed by atoms with Crippen LogP contribution in [0.3, 0.4) is 0 Å². The van der Waals surface area contributed by atoms with Crippen molar-refractivity contribution in [1.82, 2.24) is 10.2 Å². The Labute approximate surface area is 195 Å². The van der Waals surface area contributed by atoms with Crippen LogP contribution in [0.2, 0.25) is 0 Å². The third kappa shape index (κ3) is 6.40. The second kappa shape index (κ2) is 11.4. The maximum Gasteiger partial charge on any atom is 0.261 e. The van der Waals surface area contributed by atoms with Crippen molar-refractivity contribution in [3.8, 4) is 5.75 Å². The van der Waals surface area contributed by atoms with E-state index >= 15 is 0 Å². The lowest BCUT2D eigenvalue weighted by atomic mass is 10.0. The standard InChI is InChI=1S/C25H24BrFN2O3/c1-28-25(31)23(15-18-7-3-2-4-8-18)29(16-19-9-5-6-10-22(19)27)24(30)17-32-21-13-11-20(26)12-14-21/h2-14,23H,15-17H2,1H3,(H,28,31). The molecule has 0 radical (unpaired) electrons. The molecule has 0 aliphatic carbocycles. The van der Waals surface area contributed by atoms with E-state index in [-0.39, 0.29) is 19.1 Å². The molecule has 3 aromatic carbocycles. The number of likely N-dealkylation sites (N-methyl/N-ethyl adjacent to an activating group) is 1. The Balaban J connectivity index is 1.87. The highest BCUT2D eigenvalue weighted by Gasteiger charge is 2.30. The number of carbonyl (C=O) groups excluding carboxylic acids is 2. The maximum atomic E-state index is 14.4. The Hall–Kier alpha value is -3.19. The fourth-order valence-electron chi connectivity index (χ4n) is 3.29. The summed E-state index contributed by atoms with van der Waals surface area (Å²) in [6.07, 6.45) is 0.291. The first-order valence-corrected chi connectivity index (χ1v) is 10.9. The molecular weight excluding hydrogens is 475 g/mol. The number of amides is 2. The molecule has 5 nitrogen and oxygen atoms in total. The molecule has 0 aromatic heterocycles. The topological polar surface area (TPSA) is 58.6 Å². The quantitative estimate of drug-likeness (QED) is 0.476. The summed E-state index contributed by atoms with van der Waals surface area (Å²) >= 11 is 3.36.